The van der Waals surface area contributed by atoms with E-state index in [4.69, 9.17) is 21.0 Å². The summed E-state index contributed by atoms with van der Waals surface area (Å²) in [5.41, 5.74) is 5.42. The Balaban J connectivity index is 2.96. The van der Waals surface area contributed by atoms with E-state index in [2.05, 4.69) is 0 Å². The highest BCUT2D eigenvalue weighted by molar-refractivity contribution is 5.97. The summed E-state index contributed by atoms with van der Waals surface area (Å²) in [6.07, 6.45) is 0. The molecule has 0 atom stereocenters. The van der Waals surface area contributed by atoms with Gasteiger partial charge in [-0.05, 0) is 18.2 Å². The molecule has 0 spiro atoms. The molecule has 1 aromatic rings. The number of aliphatic hydroxyl groups excluding tert-OH is 1. The number of halogens is 1. The van der Waals surface area contributed by atoms with Crippen molar-refractivity contribution in [2.45, 2.75) is 0 Å². The molecule has 4 N–H and O–H groups in total. The van der Waals surface area contributed by atoms with Gasteiger partial charge in [-0.15, -0.1) is 0 Å². The van der Waals surface area contributed by atoms with Crippen molar-refractivity contribution in [2.24, 2.45) is 5.73 Å². The molecule has 0 saturated carbocycles. The number of rotatable bonds is 4. The lowest BCUT2D eigenvalue weighted by Gasteiger charge is -2.09. The first-order valence-corrected chi connectivity index (χ1v) is 4.02. The van der Waals surface area contributed by atoms with Gasteiger partial charge in [0, 0.05) is 0 Å². The van der Waals surface area contributed by atoms with Crippen LogP contribution in [0.3, 0.4) is 0 Å². The lowest BCUT2D eigenvalue weighted by Crippen LogP contribution is -2.14. The zero-order chi connectivity index (χ0) is 10.6. The molecule has 4 nitrogen and oxygen atoms in total. The van der Waals surface area contributed by atoms with Crippen molar-refractivity contribution in [3.8, 4) is 5.75 Å². The maximum atomic E-state index is 12.8. The predicted octanol–water partition coefficient (Wildman–Crippen LogP) is 0.481. The average molecular weight is 198 g/mol. The van der Waals surface area contributed by atoms with Crippen molar-refractivity contribution in [1.29, 1.82) is 5.41 Å². The maximum Gasteiger partial charge on any atom is 0.130 e. The fourth-order valence-electron chi connectivity index (χ4n) is 0.994. The van der Waals surface area contributed by atoms with Gasteiger partial charge in [0.2, 0.25) is 0 Å². The largest absolute Gasteiger partial charge is 0.490 e. The molecule has 0 unspecified atom stereocenters. The Morgan fingerprint density at radius 1 is 1.57 bits per heavy atom. The molecule has 1 aromatic carbocycles. The van der Waals surface area contributed by atoms with Crippen LogP contribution in [0.15, 0.2) is 18.2 Å². The van der Waals surface area contributed by atoms with E-state index < -0.39 is 5.82 Å². The molecule has 1 rings (SSSR count). The second kappa shape index (κ2) is 4.57. The Morgan fingerprint density at radius 2 is 2.29 bits per heavy atom. The van der Waals surface area contributed by atoms with E-state index in [9.17, 15) is 4.39 Å². The van der Waals surface area contributed by atoms with Crippen LogP contribution in [-0.2, 0) is 0 Å². The normalized spacial score (nSPS) is 9.86. The van der Waals surface area contributed by atoms with Crippen LogP contribution in [0.1, 0.15) is 5.56 Å². The third kappa shape index (κ3) is 2.43. The van der Waals surface area contributed by atoms with Crippen molar-refractivity contribution in [3.05, 3.63) is 29.6 Å². The standard InChI is InChI=1S/C9H11FN2O2/c10-6-1-2-8(14-4-3-13)7(5-6)9(11)12/h1-2,5,13H,3-4H2,(H3,11,12). The topological polar surface area (TPSA) is 79.3 Å². The van der Waals surface area contributed by atoms with Gasteiger partial charge in [-0.2, -0.15) is 0 Å². The molecular weight excluding hydrogens is 187 g/mol. The van der Waals surface area contributed by atoms with Gasteiger partial charge in [0.1, 0.15) is 24.0 Å². The van der Waals surface area contributed by atoms with Crippen molar-refractivity contribution >= 4 is 5.84 Å². The molecule has 0 aliphatic rings. The second-order valence-electron chi connectivity index (χ2n) is 2.63. The van der Waals surface area contributed by atoms with E-state index in [-0.39, 0.29) is 24.6 Å². The molecule has 0 aromatic heterocycles. The second-order valence-corrected chi connectivity index (χ2v) is 2.63. The summed E-state index contributed by atoms with van der Waals surface area (Å²) in [6, 6.07) is 3.70. The molecule has 0 heterocycles. The molecule has 14 heavy (non-hydrogen) atoms. The third-order valence-electron chi connectivity index (χ3n) is 1.58. The minimum absolute atomic E-state index is 0.0892. The predicted molar refractivity (Wildman–Crippen MR) is 50.0 cm³/mol. The number of hydrogen-bond donors (Lipinski definition) is 3. The Bertz CT molecular complexity index is 342. The first-order valence-electron chi connectivity index (χ1n) is 4.02. The van der Waals surface area contributed by atoms with Gasteiger partial charge in [-0.3, -0.25) is 5.41 Å². The van der Waals surface area contributed by atoms with Crippen LogP contribution in [0, 0.1) is 11.2 Å². The van der Waals surface area contributed by atoms with Crippen molar-refractivity contribution in [3.63, 3.8) is 0 Å². The number of benzene rings is 1. The number of ether oxygens (including phenoxy) is 1. The van der Waals surface area contributed by atoms with Crippen LogP contribution in [0.2, 0.25) is 0 Å². The molecular formula is C9H11FN2O2. The van der Waals surface area contributed by atoms with Gasteiger partial charge in [0.25, 0.3) is 0 Å². The first kappa shape index (κ1) is 10.5. The van der Waals surface area contributed by atoms with Crippen LogP contribution < -0.4 is 10.5 Å². The Hall–Kier alpha value is -1.62. The first-order chi connectivity index (χ1) is 6.65. The molecule has 0 amide bonds. The van der Waals surface area contributed by atoms with E-state index >= 15 is 0 Å². The van der Waals surface area contributed by atoms with Crippen molar-refractivity contribution in [2.75, 3.05) is 13.2 Å². The zero-order valence-electron chi connectivity index (χ0n) is 7.46. The smallest absolute Gasteiger partial charge is 0.130 e. The fraction of sp³-hybridized carbons (Fsp3) is 0.222. The zero-order valence-corrected chi connectivity index (χ0v) is 7.46. The minimum atomic E-state index is -0.480. The number of nitrogen functional groups attached to an aromatic ring is 1. The van der Waals surface area contributed by atoms with Crippen LogP contribution in [0.5, 0.6) is 5.75 Å². The van der Waals surface area contributed by atoms with Gasteiger partial charge < -0.3 is 15.6 Å². The summed E-state index contributed by atoms with van der Waals surface area (Å²) in [5.74, 6) is -0.447. The summed E-state index contributed by atoms with van der Waals surface area (Å²) in [4.78, 5) is 0. The molecule has 0 bridgehead atoms. The van der Waals surface area contributed by atoms with Gasteiger partial charge in [-0.25, -0.2) is 4.39 Å². The molecule has 0 saturated heterocycles. The van der Waals surface area contributed by atoms with E-state index in [0.717, 1.165) is 6.07 Å². The molecule has 0 aliphatic heterocycles. The number of aliphatic hydroxyl groups is 1. The monoisotopic (exact) mass is 198 g/mol. The van der Waals surface area contributed by atoms with Gasteiger partial charge >= 0.3 is 0 Å². The fourth-order valence-corrected chi connectivity index (χ4v) is 0.994. The molecule has 5 heteroatoms. The summed E-state index contributed by atoms with van der Waals surface area (Å²) >= 11 is 0. The summed E-state index contributed by atoms with van der Waals surface area (Å²) in [6.45, 7) is -0.0549. The summed E-state index contributed by atoms with van der Waals surface area (Å²) < 4.78 is 17.8. The molecule has 0 fully saturated rings. The Morgan fingerprint density at radius 3 is 2.86 bits per heavy atom. The SMILES string of the molecule is N=C(N)c1cc(F)ccc1OCCO. The summed E-state index contributed by atoms with van der Waals surface area (Å²) in [5, 5.41) is 15.7. The summed E-state index contributed by atoms with van der Waals surface area (Å²) in [7, 11) is 0. The van der Waals surface area contributed by atoms with Crippen LogP contribution in [0.25, 0.3) is 0 Å². The van der Waals surface area contributed by atoms with Gasteiger partial charge in [0.15, 0.2) is 0 Å². The lowest BCUT2D eigenvalue weighted by molar-refractivity contribution is 0.201. The van der Waals surface area contributed by atoms with Crippen molar-refractivity contribution in [1.82, 2.24) is 0 Å². The van der Waals surface area contributed by atoms with Crippen LogP contribution >= 0.6 is 0 Å². The quantitative estimate of drug-likeness (QED) is 0.486. The van der Waals surface area contributed by atoms with E-state index in [0.29, 0.717) is 5.75 Å². The number of hydrogen-bond acceptors (Lipinski definition) is 3. The number of amidine groups is 1. The molecule has 76 valence electrons. The Kier molecular flexibility index (Phi) is 3.41. The maximum absolute atomic E-state index is 12.8. The van der Waals surface area contributed by atoms with E-state index in [1.165, 1.54) is 12.1 Å². The molecule has 0 radical (unpaired) electrons. The lowest BCUT2D eigenvalue weighted by atomic mass is 10.2. The van der Waals surface area contributed by atoms with E-state index in [1.54, 1.807) is 0 Å². The van der Waals surface area contributed by atoms with E-state index in [1.807, 2.05) is 0 Å². The van der Waals surface area contributed by atoms with Gasteiger partial charge in [-0.1, -0.05) is 0 Å². The minimum Gasteiger partial charge on any atom is -0.490 e. The Labute approximate surface area is 80.6 Å². The number of nitrogens with two attached hydrogens (primary N) is 1. The highest BCUT2D eigenvalue weighted by Crippen LogP contribution is 2.18. The third-order valence-corrected chi connectivity index (χ3v) is 1.58. The van der Waals surface area contributed by atoms with Crippen LogP contribution in [0.4, 0.5) is 4.39 Å². The average Bonchev–Trinajstić information content (AvgIpc) is 2.15. The highest BCUT2D eigenvalue weighted by Gasteiger charge is 2.07. The highest BCUT2D eigenvalue weighted by atomic mass is 19.1. The van der Waals surface area contributed by atoms with Gasteiger partial charge in [0.05, 0.1) is 12.2 Å². The number of nitrogens with one attached hydrogen (secondary N) is 1. The van der Waals surface area contributed by atoms with Crippen molar-refractivity contribution < 1.29 is 14.2 Å². The molecule has 0 aliphatic carbocycles. The van der Waals surface area contributed by atoms with Crippen LogP contribution in [-0.4, -0.2) is 24.2 Å².